The van der Waals surface area contributed by atoms with Crippen LogP contribution in [0.1, 0.15) is 170 Å². The summed E-state index contributed by atoms with van der Waals surface area (Å²) in [4.78, 5) is 19.1. The van der Waals surface area contributed by atoms with E-state index in [9.17, 15) is 4.79 Å². The fourth-order valence-electron chi connectivity index (χ4n) is 6.77. The number of nitrogens with one attached hydrogen (secondary N) is 2. The molecule has 0 saturated carbocycles. The molecule has 0 aliphatic carbocycles. The van der Waals surface area contributed by atoms with Gasteiger partial charge in [-0.25, -0.2) is 4.99 Å². The lowest BCUT2D eigenvalue weighted by atomic mass is 10.0. The Kier molecular flexibility index (Phi) is 30.1. The average molecular weight is 795 g/mol. The standard InChI is InChI=1S/C53H86N4O/c1-12-14-37-56-53(54-10)51(13-2)40-49-32-34-50(35-33-49)42-57(11)39-38-55-41-52(58)36-31-48(9)30-20-29-47(8)28-19-26-45(6)23-16-15-22-44(5)25-18-27-46(7)24-17-21-43(3)4/h21-23,27-28,30,32-35,55-56H,10,12-20,24-26,29,31,36-42H2,1-9,11H3/b44-22+,45-23+,46-27+,47-28+,48-30+,53-51-. The Morgan fingerprint density at radius 2 is 1.14 bits per heavy atom. The molecular formula is C53H86N4O. The number of hydrogen-bond donors (Lipinski definition) is 2. The summed E-state index contributed by atoms with van der Waals surface area (Å²) in [5.74, 6) is 1.23. The number of aliphatic imine (C=N–C) groups is 1. The Bertz CT molecular complexity index is 1530. The number of rotatable bonds is 33. The fourth-order valence-corrected chi connectivity index (χ4v) is 6.77. The van der Waals surface area contributed by atoms with Crippen molar-refractivity contribution in [1.29, 1.82) is 0 Å². The van der Waals surface area contributed by atoms with E-state index in [2.05, 4.69) is 157 Å². The number of likely N-dealkylation sites (N-methyl/N-ethyl adjacent to an activating group) is 1. The number of nitrogens with zero attached hydrogens (tertiary/aromatic N) is 2. The van der Waals surface area contributed by atoms with E-state index in [0.29, 0.717) is 13.0 Å². The Morgan fingerprint density at radius 1 is 0.655 bits per heavy atom. The molecule has 324 valence electrons. The second-order valence-electron chi connectivity index (χ2n) is 17.0. The zero-order valence-electron chi connectivity index (χ0n) is 39.1. The van der Waals surface area contributed by atoms with E-state index in [0.717, 1.165) is 115 Å². The van der Waals surface area contributed by atoms with E-state index >= 15 is 0 Å². The number of hydrogen-bond acceptors (Lipinski definition) is 5. The van der Waals surface area contributed by atoms with E-state index in [1.165, 1.54) is 63.0 Å². The fraction of sp³-hybridized carbons (Fsp3) is 0.585. The van der Waals surface area contributed by atoms with Crippen molar-refractivity contribution >= 4 is 12.5 Å². The first-order valence-corrected chi connectivity index (χ1v) is 22.7. The van der Waals surface area contributed by atoms with Gasteiger partial charge in [0.2, 0.25) is 0 Å². The highest BCUT2D eigenvalue weighted by atomic mass is 16.1. The van der Waals surface area contributed by atoms with E-state index in [1.807, 2.05) is 0 Å². The second kappa shape index (κ2) is 33.3. The van der Waals surface area contributed by atoms with Gasteiger partial charge in [0.25, 0.3) is 0 Å². The van der Waals surface area contributed by atoms with Crippen LogP contribution in [-0.2, 0) is 17.8 Å². The lowest BCUT2D eigenvalue weighted by molar-refractivity contribution is -0.118. The molecule has 0 aromatic heterocycles. The highest BCUT2D eigenvalue weighted by molar-refractivity contribution is 5.80. The minimum atomic E-state index is 0.289. The Hall–Kier alpha value is -3.54. The molecule has 0 aliphatic rings. The van der Waals surface area contributed by atoms with Crippen molar-refractivity contribution in [2.45, 2.75) is 172 Å². The van der Waals surface area contributed by atoms with Crippen LogP contribution in [0.25, 0.3) is 0 Å². The Labute approximate surface area is 358 Å². The zero-order chi connectivity index (χ0) is 43.0. The van der Waals surface area contributed by atoms with Gasteiger partial charge in [-0.3, -0.25) is 4.79 Å². The maximum atomic E-state index is 12.6. The first kappa shape index (κ1) is 52.5. The number of Topliss-reactive ketones (excluding diaryl/α,β-unsaturated/α-hetero) is 1. The molecule has 0 heterocycles. The molecule has 1 aromatic rings. The molecule has 0 unspecified atom stereocenters. The van der Waals surface area contributed by atoms with Crippen molar-refractivity contribution in [2.75, 3.05) is 33.2 Å². The molecule has 5 nitrogen and oxygen atoms in total. The van der Waals surface area contributed by atoms with Crippen molar-refractivity contribution in [3.05, 3.63) is 117 Å². The summed E-state index contributed by atoms with van der Waals surface area (Å²) in [7, 11) is 2.14. The van der Waals surface area contributed by atoms with Gasteiger partial charge in [0, 0.05) is 32.6 Å². The van der Waals surface area contributed by atoms with Crippen LogP contribution < -0.4 is 10.6 Å². The van der Waals surface area contributed by atoms with Crippen molar-refractivity contribution in [1.82, 2.24) is 15.5 Å². The van der Waals surface area contributed by atoms with Crippen molar-refractivity contribution in [2.24, 2.45) is 4.99 Å². The van der Waals surface area contributed by atoms with Crippen LogP contribution in [0.5, 0.6) is 0 Å². The van der Waals surface area contributed by atoms with E-state index < -0.39 is 0 Å². The maximum Gasteiger partial charge on any atom is 0.146 e. The summed E-state index contributed by atoms with van der Waals surface area (Å²) in [5, 5.41) is 6.83. The van der Waals surface area contributed by atoms with Gasteiger partial charge in [0.15, 0.2) is 0 Å². The van der Waals surface area contributed by atoms with Gasteiger partial charge in [0.05, 0.1) is 6.54 Å². The molecule has 0 saturated heterocycles. The van der Waals surface area contributed by atoms with Crippen molar-refractivity contribution in [3.63, 3.8) is 0 Å². The van der Waals surface area contributed by atoms with Gasteiger partial charge in [-0.1, -0.05) is 114 Å². The summed E-state index contributed by atoms with van der Waals surface area (Å²) in [5.41, 5.74) is 12.6. The average Bonchev–Trinajstić information content (AvgIpc) is 3.19. The van der Waals surface area contributed by atoms with Gasteiger partial charge < -0.3 is 15.5 Å². The number of allylic oxidation sites excluding steroid dienone is 13. The van der Waals surface area contributed by atoms with Gasteiger partial charge in [0.1, 0.15) is 11.6 Å². The molecule has 0 atom stereocenters. The summed E-state index contributed by atoms with van der Waals surface area (Å²) >= 11 is 0. The number of unbranched alkanes of at least 4 members (excludes halogenated alkanes) is 2. The molecule has 5 heteroatoms. The molecule has 0 radical (unpaired) electrons. The molecule has 0 fully saturated rings. The molecule has 2 N–H and O–H groups in total. The lowest BCUT2D eigenvalue weighted by Gasteiger charge is -2.17. The minimum absolute atomic E-state index is 0.289. The largest absolute Gasteiger partial charge is 0.370 e. The third-order valence-electron chi connectivity index (χ3n) is 10.8. The Morgan fingerprint density at radius 3 is 1.62 bits per heavy atom. The molecular weight excluding hydrogens is 709 g/mol. The molecule has 1 rings (SSSR count). The number of benzene rings is 1. The lowest BCUT2D eigenvalue weighted by Crippen LogP contribution is -2.32. The van der Waals surface area contributed by atoms with E-state index in [4.69, 9.17) is 0 Å². The molecule has 0 bridgehead atoms. The highest BCUT2D eigenvalue weighted by Crippen LogP contribution is 2.18. The molecule has 58 heavy (non-hydrogen) atoms. The third kappa shape index (κ3) is 28.0. The summed E-state index contributed by atoms with van der Waals surface area (Å²) < 4.78 is 0. The van der Waals surface area contributed by atoms with Gasteiger partial charge in [-0.05, 0) is 169 Å². The predicted molar refractivity (Wildman–Crippen MR) is 258 cm³/mol. The SMILES string of the molecule is C=N/C(NCCCC)=C(\CC)Cc1ccc(CN(C)CCNCC(=O)CC/C(C)=C/CC/C(C)=C/CC/C(C)=C/CC/C=C(\C)CC/C=C(\C)CCC=C(C)C)cc1. The van der Waals surface area contributed by atoms with Crippen LogP contribution in [0.15, 0.2) is 111 Å². The van der Waals surface area contributed by atoms with Crippen LogP contribution >= 0.6 is 0 Å². The molecule has 0 aliphatic heterocycles. The third-order valence-corrected chi connectivity index (χ3v) is 10.8. The van der Waals surface area contributed by atoms with Crippen LogP contribution in [0, 0.1) is 0 Å². The summed E-state index contributed by atoms with van der Waals surface area (Å²) in [6, 6.07) is 8.92. The molecule has 0 spiro atoms. The zero-order valence-corrected chi connectivity index (χ0v) is 39.1. The van der Waals surface area contributed by atoms with Crippen LogP contribution in [0.2, 0.25) is 0 Å². The minimum Gasteiger partial charge on any atom is -0.370 e. The normalized spacial score (nSPS) is 13.5. The maximum absolute atomic E-state index is 12.6. The second-order valence-corrected chi connectivity index (χ2v) is 17.0. The first-order valence-electron chi connectivity index (χ1n) is 22.7. The van der Waals surface area contributed by atoms with Crippen molar-refractivity contribution in [3.8, 4) is 0 Å². The number of carbonyl (C=O) groups excluding carboxylic acids is 1. The number of carbonyl (C=O) groups is 1. The predicted octanol–water partition coefficient (Wildman–Crippen LogP) is 13.9. The summed E-state index contributed by atoms with van der Waals surface area (Å²) in [6.07, 6.45) is 31.2. The summed E-state index contributed by atoms with van der Waals surface area (Å²) in [6.45, 7) is 27.7. The van der Waals surface area contributed by atoms with Crippen LogP contribution in [-0.4, -0.2) is 50.6 Å². The van der Waals surface area contributed by atoms with Gasteiger partial charge >= 0.3 is 0 Å². The highest BCUT2D eigenvalue weighted by Gasteiger charge is 2.08. The van der Waals surface area contributed by atoms with E-state index in [-0.39, 0.29) is 5.78 Å². The van der Waals surface area contributed by atoms with Gasteiger partial charge in [-0.15, -0.1) is 0 Å². The molecule has 0 amide bonds. The van der Waals surface area contributed by atoms with Crippen molar-refractivity contribution < 1.29 is 4.79 Å². The number of ketones is 1. The quantitative estimate of drug-likeness (QED) is 0.0423. The topological polar surface area (TPSA) is 56.7 Å². The van der Waals surface area contributed by atoms with Crippen LogP contribution in [0.4, 0.5) is 0 Å². The first-order chi connectivity index (χ1) is 27.9. The monoisotopic (exact) mass is 795 g/mol. The van der Waals surface area contributed by atoms with Gasteiger partial charge in [-0.2, -0.15) is 0 Å². The van der Waals surface area contributed by atoms with Crippen LogP contribution in [0.3, 0.4) is 0 Å². The Balaban J connectivity index is 2.25. The smallest absolute Gasteiger partial charge is 0.146 e. The molecule has 1 aromatic carbocycles. The van der Waals surface area contributed by atoms with E-state index in [1.54, 1.807) is 0 Å².